The van der Waals surface area contributed by atoms with E-state index in [0.29, 0.717) is 17.5 Å². The zero-order valence-corrected chi connectivity index (χ0v) is 21.7. The quantitative estimate of drug-likeness (QED) is 0.491. The number of benzene rings is 2. The molecule has 4 rings (SSSR count). The van der Waals surface area contributed by atoms with E-state index in [1.54, 1.807) is 0 Å². The summed E-state index contributed by atoms with van der Waals surface area (Å²) in [6.07, 6.45) is 5.87. The van der Waals surface area contributed by atoms with Gasteiger partial charge in [-0.05, 0) is 74.2 Å². The van der Waals surface area contributed by atoms with Crippen molar-refractivity contribution in [1.29, 1.82) is 5.26 Å². The van der Waals surface area contributed by atoms with E-state index < -0.39 is 0 Å². The predicted octanol–water partition coefficient (Wildman–Crippen LogP) is 5.23. The van der Waals surface area contributed by atoms with Gasteiger partial charge in [-0.25, -0.2) is 0 Å². The Morgan fingerprint density at radius 1 is 1.20 bits per heavy atom. The summed E-state index contributed by atoms with van der Waals surface area (Å²) in [6, 6.07) is 20.4. The monoisotopic (exact) mass is 472 g/mol. The maximum absolute atomic E-state index is 12.7. The molecule has 2 fully saturated rings. The molecule has 2 aromatic rings. The van der Waals surface area contributed by atoms with Crippen LogP contribution in [0.25, 0.3) is 11.1 Å². The lowest BCUT2D eigenvalue weighted by molar-refractivity contribution is -0.122. The van der Waals surface area contributed by atoms with Crippen molar-refractivity contribution >= 4 is 5.91 Å². The summed E-state index contributed by atoms with van der Waals surface area (Å²) < 4.78 is 0. The molecule has 35 heavy (non-hydrogen) atoms. The van der Waals surface area contributed by atoms with Gasteiger partial charge in [0.2, 0.25) is 5.91 Å². The number of rotatable bonds is 9. The Kier molecular flexibility index (Phi) is 7.94. The van der Waals surface area contributed by atoms with Crippen LogP contribution in [0, 0.1) is 17.2 Å². The standard InChI is InChI=1S/C30H40N4O/c1-21(2)16-28(29(35)32-15-14-31)25-7-5-6-24(17-25)23-10-8-22(9-11-23)20-33-26-18-27-12-13-30(3,19-26)34(27)4/h5-11,17,21,26-28,33H,12-13,15-16,18-20H2,1-4H3,(H,32,35)/t26?,27?,28-,30?/m1/s1. The van der Waals surface area contributed by atoms with E-state index in [1.807, 2.05) is 18.2 Å². The third-order valence-electron chi connectivity index (χ3n) is 8.19. The zero-order valence-electron chi connectivity index (χ0n) is 21.7. The van der Waals surface area contributed by atoms with Crippen molar-refractivity contribution in [2.45, 2.75) is 83.0 Å². The number of nitriles is 1. The van der Waals surface area contributed by atoms with Crippen LogP contribution >= 0.6 is 0 Å². The van der Waals surface area contributed by atoms with E-state index in [1.165, 1.54) is 31.2 Å². The topological polar surface area (TPSA) is 68.2 Å². The molecule has 5 heteroatoms. The molecule has 1 amide bonds. The molecule has 3 unspecified atom stereocenters. The van der Waals surface area contributed by atoms with Gasteiger partial charge in [-0.15, -0.1) is 0 Å². The predicted molar refractivity (Wildman–Crippen MR) is 142 cm³/mol. The van der Waals surface area contributed by atoms with Gasteiger partial charge in [-0.2, -0.15) is 5.26 Å². The Morgan fingerprint density at radius 2 is 1.97 bits per heavy atom. The molecule has 2 heterocycles. The van der Waals surface area contributed by atoms with Crippen LogP contribution in [0.1, 0.15) is 69.9 Å². The minimum atomic E-state index is -0.251. The molecule has 2 aliphatic heterocycles. The van der Waals surface area contributed by atoms with Gasteiger partial charge in [0.1, 0.15) is 6.54 Å². The van der Waals surface area contributed by atoms with Crippen molar-refractivity contribution < 1.29 is 4.79 Å². The SMILES string of the molecule is CC(C)C[C@@H](C(=O)NCC#N)c1cccc(-c2ccc(CNC3CC4CCC(C)(C3)N4C)cc2)c1. The van der Waals surface area contributed by atoms with Crippen LogP contribution in [0.4, 0.5) is 0 Å². The second-order valence-electron chi connectivity index (χ2n) is 11.2. The number of carbonyl (C=O) groups excluding carboxylic acids is 1. The lowest BCUT2D eigenvalue weighted by Gasteiger charge is -2.44. The van der Waals surface area contributed by atoms with Gasteiger partial charge in [0.05, 0.1) is 12.0 Å². The molecule has 186 valence electrons. The minimum Gasteiger partial charge on any atom is -0.342 e. The number of amides is 1. The van der Waals surface area contributed by atoms with E-state index in [4.69, 9.17) is 5.26 Å². The van der Waals surface area contributed by atoms with Crippen molar-refractivity contribution in [3.63, 3.8) is 0 Å². The summed E-state index contributed by atoms with van der Waals surface area (Å²) in [4.78, 5) is 15.3. The first-order valence-corrected chi connectivity index (χ1v) is 13.1. The number of fused-ring (bicyclic) bond motifs is 2. The maximum Gasteiger partial charge on any atom is 0.228 e. The van der Waals surface area contributed by atoms with E-state index in [2.05, 4.69) is 79.8 Å². The number of nitrogens with one attached hydrogen (secondary N) is 2. The van der Waals surface area contributed by atoms with Crippen LogP contribution in [-0.2, 0) is 11.3 Å². The summed E-state index contributed by atoms with van der Waals surface area (Å²) in [5.74, 6) is 0.0547. The van der Waals surface area contributed by atoms with Crippen molar-refractivity contribution in [2.75, 3.05) is 13.6 Å². The van der Waals surface area contributed by atoms with Gasteiger partial charge in [0, 0.05) is 24.2 Å². The lowest BCUT2D eigenvalue weighted by Crippen LogP contribution is -2.53. The van der Waals surface area contributed by atoms with Crippen LogP contribution in [0.15, 0.2) is 48.5 Å². The summed E-state index contributed by atoms with van der Waals surface area (Å²) in [5.41, 5.74) is 4.93. The fraction of sp³-hybridized carbons (Fsp3) is 0.533. The first-order chi connectivity index (χ1) is 16.8. The Morgan fingerprint density at radius 3 is 2.66 bits per heavy atom. The number of hydrogen-bond donors (Lipinski definition) is 2. The molecule has 0 radical (unpaired) electrons. The Bertz CT molecular complexity index is 1060. The van der Waals surface area contributed by atoms with E-state index in [-0.39, 0.29) is 18.4 Å². The molecule has 2 N–H and O–H groups in total. The van der Waals surface area contributed by atoms with Crippen LogP contribution in [0.2, 0.25) is 0 Å². The molecule has 0 spiro atoms. The summed E-state index contributed by atoms with van der Waals surface area (Å²) in [6.45, 7) is 7.60. The second kappa shape index (κ2) is 10.9. The third kappa shape index (κ3) is 5.94. The van der Waals surface area contributed by atoms with Gasteiger partial charge in [-0.1, -0.05) is 62.4 Å². The highest BCUT2D eigenvalue weighted by Gasteiger charge is 2.46. The van der Waals surface area contributed by atoms with Gasteiger partial charge in [-0.3, -0.25) is 9.69 Å². The molecule has 0 aliphatic carbocycles. The molecular weight excluding hydrogens is 432 g/mol. The molecule has 2 saturated heterocycles. The van der Waals surface area contributed by atoms with Gasteiger partial charge in [0.25, 0.3) is 0 Å². The number of nitrogens with zero attached hydrogens (tertiary/aromatic N) is 2. The molecule has 0 aromatic heterocycles. The Balaban J connectivity index is 1.41. The van der Waals surface area contributed by atoms with Crippen LogP contribution < -0.4 is 10.6 Å². The lowest BCUT2D eigenvalue weighted by atomic mass is 9.87. The van der Waals surface area contributed by atoms with Crippen LogP contribution in [-0.4, -0.2) is 42.0 Å². The molecule has 2 aliphatic rings. The average Bonchev–Trinajstić information content (AvgIpc) is 3.01. The fourth-order valence-corrected chi connectivity index (χ4v) is 6.04. The molecule has 5 nitrogen and oxygen atoms in total. The number of hydrogen-bond acceptors (Lipinski definition) is 4. The Labute approximate surface area is 210 Å². The second-order valence-corrected chi connectivity index (χ2v) is 11.2. The molecule has 2 aromatic carbocycles. The summed E-state index contributed by atoms with van der Waals surface area (Å²) in [7, 11) is 2.30. The van der Waals surface area contributed by atoms with Crippen molar-refractivity contribution in [2.24, 2.45) is 5.92 Å². The number of piperidine rings is 1. The molecular formula is C30H40N4O. The minimum absolute atomic E-state index is 0.0417. The van der Waals surface area contributed by atoms with E-state index in [0.717, 1.165) is 35.7 Å². The molecule has 4 atom stereocenters. The normalized spacial score (nSPS) is 24.8. The van der Waals surface area contributed by atoms with E-state index >= 15 is 0 Å². The van der Waals surface area contributed by atoms with Gasteiger partial charge >= 0.3 is 0 Å². The first-order valence-electron chi connectivity index (χ1n) is 13.1. The van der Waals surface area contributed by atoms with E-state index in [9.17, 15) is 4.79 Å². The van der Waals surface area contributed by atoms with Crippen LogP contribution in [0.5, 0.6) is 0 Å². The largest absolute Gasteiger partial charge is 0.342 e. The molecule has 2 bridgehead atoms. The van der Waals surface area contributed by atoms with Crippen molar-refractivity contribution in [1.82, 2.24) is 15.5 Å². The summed E-state index contributed by atoms with van der Waals surface area (Å²) >= 11 is 0. The summed E-state index contributed by atoms with van der Waals surface area (Å²) in [5, 5.41) is 15.4. The fourth-order valence-electron chi connectivity index (χ4n) is 6.04. The average molecular weight is 473 g/mol. The smallest absolute Gasteiger partial charge is 0.228 e. The highest BCUT2D eigenvalue weighted by atomic mass is 16.1. The highest BCUT2D eigenvalue weighted by Crippen LogP contribution is 2.42. The zero-order chi connectivity index (χ0) is 25.0. The molecule has 0 saturated carbocycles. The van der Waals surface area contributed by atoms with Gasteiger partial charge < -0.3 is 10.6 Å². The maximum atomic E-state index is 12.7. The third-order valence-corrected chi connectivity index (χ3v) is 8.19. The first kappa shape index (κ1) is 25.4. The Hall–Kier alpha value is -2.68. The van der Waals surface area contributed by atoms with Gasteiger partial charge in [0.15, 0.2) is 0 Å². The van der Waals surface area contributed by atoms with Crippen molar-refractivity contribution in [3.8, 4) is 17.2 Å². The highest BCUT2D eigenvalue weighted by molar-refractivity contribution is 5.84. The van der Waals surface area contributed by atoms with Crippen molar-refractivity contribution in [3.05, 3.63) is 59.7 Å². The van der Waals surface area contributed by atoms with Crippen LogP contribution in [0.3, 0.4) is 0 Å². The number of carbonyl (C=O) groups is 1.